The molecular weight excluding hydrogens is 348 g/mol. The summed E-state index contributed by atoms with van der Waals surface area (Å²) in [6, 6.07) is 7.62. The summed E-state index contributed by atoms with van der Waals surface area (Å²) in [7, 11) is 0. The van der Waals surface area contributed by atoms with Gasteiger partial charge in [0.15, 0.2) is 0 Å². The van der Waals surface area contributed by atoms with Gasteiger partial charge in [-0.15, -0.1) is 0 Å². The molecular formula is C21H26O4S. The van der Waals surface area contributed by atoms with Crippen molar-refractivity contribution in [1.82, 2.24) is 0 Å². The van der Waals surface area contributed by atoms with Gasteiger partial charge in [-0.05, 0) is 49.3 Å². The summed E-state index contributed by atoms with van der Waals surface area (Å²) < 4.78 is 11.2. The number of ether oxygens (including phenoxy) is 2. The van der Waals surface area contributed by atoms with Gasteiger partial charge < -0.3 is 9.47 Å². The number of carbonyl (C=O) groups is 2. The highest BCUT2D eigenvalue weighted by molar-refractivity contribution is 8.14. The Morgan fingerprint density at radius 3 is 2.81 bits per heavy atom. The molecule has 0 aromatic heterocycles. The molecule has 0 unspecified atom stereocenters. The van der Waals surface area contributed by atoms with Gasteiger partial charge in [0.25, 0.3) is 0 Å². The van der Waals surface area contributed by atoms with Crippen LogP contribution < -0.4 is 4.74 Å². The van der Waals surface area contributed by atoms with Gasteiger partial charge in [-0.2, -0.15) is 0 Å². The number of allylic oxidation sites excluding steroid dienone is 1. The summed E-state index contributed by atoms with van der Waals surface area (Å²) in [5, 5.41) is 0.154. The van der Waals surface area contributed by atoms with Crippen LogP contribution in [0.4, 0.5) is 0 Å². The van der Waals surface area contributed by atoms with Gasteiger partial charge in [0.1, 0.15) is 12.4 Å². The summed E-state index contributed by atoms with van der Waals surface area (Å²) in [6.07, 6.45) is 2.91. The fourth-order valence-corrected chi connectivity index (χ4v) is 4.34. The van der Waals surface area contributed by atoms with E-state index in [0.717, 1.165) is 29.1 Å². The van der Waals surface area contributed by atoms with Gasteiger partial charge in [0.2, 0.25) is 5.12 Å². The molecule has 4 nitrogen and oxygen atoms in total. The molecule has 0 spiro atoms. The largest absolute Gasteiger partial charge is 0.491 e. The van der Waals surface area contributed by atoms with Gasteiger partial charge in [0, 0.05) is 11.3 Å². The van der Waals surface area contributed by atoms with Crippen molar-refractivity contribution in [3.63, 3.8) is 0 Å². The highest BCUT2D eigenvalue weighted by Crippen LogP contribution is 2.60. The van der Waals surface area contributed by atoms with E-state index < -0.39 is 0 Å². The van der Waals surface area contributed by atoms with Gasteiger partial charge in [0.05, 0.1) is 12.0 Å². The minimum Gasteiger partial charge on any atom is -0.491 e. The lowest BCUT2D eigenvalue weighted by Crippen LogP contribution is -2.11. The molecule has 2 atom stereocenters. The third-order valence-corrected chi connectivity index (χ3v) is 6.00. The van der Waals surface area contributed by atoms with Crippen LogP contribution in [0, 0.1) is 17.3 Å². The lowest BCUT2D eigenvalue weighted by Gasteiger charge is -2.11. The first-order chi connectivity index (χ1) is 12.3. The zero-order valence-corrected chi connectivity index (χ0v) is 16.6. The maximum Gasteiger partial charge on any atom is 0.310 e. The van der Waals surface area contributed by atoms with Crippen LogP contribution >= 0.6 is 11.8 Å². The van der Waals surface area contributed by atoms with Crippen molar-refractivity contribution in [2.75, 3.05) is 5.75 Å². The Bertz CT molecular complexity index is 735. The maximum absolute atomic E-state index is 12.5. The minimum atomic E-state index is -0.190. The molecule has 0 amide bonds. The van der Waals surface area contributed by atoms with Crippen LogP contribution in [0.3, 0.4) is 0 Å². The summed E-state index contributed by atoms with van der Waals surface area (Å²) >= 11 is 1.36. The molecule has 1 aromatic rings. The van der Waals surface area contributed by atoms with Gasteiger partial charge in [-0.3, -0.25) is 9.59 Å². The molecule has 2 aliphatic rings. The van der Waals surface area contributed by atoms with Crippen molar-refractivity contribution in [2.24, 2.45) is 17.3 Å². The van der Waals surface area contributed by atoms with E-state index in [-0.39, 0.29) is 41.0 Å². The highest BCUT2D eigenvalue weighted by atomic mass is 32.2. The number of carbonyl (C=O) groups excluding carboxylic acids is 2. The number of esters is 1. The van der Waals surface area contributed by atoms with E-state index >= 15 is 0 Å². The van der Waals surface area contributed by atoms with Gasteiger partial charge in [-0.1, -0.05) is 43.8 Å². The summed E-state index contributed by atoms with van der Waals surface area (Å²) in [6.45, 7) is 8.31. The Labute approximate surface area is 159 Å². The Hall–Kier alpha value is -1.75. The van der Waals surface area contributed by atoms with Crippen LogP contribution in [0.15, 0.2) is 35.9 Å². The second kappa shape index (κ2) is 7.47. The molecule has 1 aliphatic heterocycles. The average molecular weight is 375 g/mol. The quantitative estimate of drug-likeness (QED) is 0.546. The van der Waals surface area contributed by atoms with E-state index in [9.17, 15) is 9.59 Å². The average Bonchev–Trinajstić information content (AvgIpc) is 2.87. The molecule has 26 heavy (non-hydrogen) atoms. The smallest absolute Gasteiger partial charge is 0.310 e. The Morgan fingerprint density at radius 1 is 1.38 bits per heavy atom. The molecule has 1 aliphatic carbocycles. The summed E-state index contributed by atoms with van der Waals surface area (Å²) in [5.74, 6) is 1.35. The Balaban J connectivity index is 1.59. The lowest BCUT2D eigenvalue weighted by molar-refractivity contribution is -0.147. The van der Waals surface area contributed by atoms with Crippen molar-refractivity contribution in [2.45, 2.75) is 46.8 Å². The third-order valence-electron chi connectivity index (χ3n) is 5.06. The fraction of sp³-hybridized carbons (Fsp3) is 0.524. The maximum atomic E-state index is 12.5. The molecule has 140 valence electrons. The minimum absolute atomic E-state index is 0.0864. The van der Waals surface area contributed by atoms with Crippen molar-refractivity contribution in [3.05, 3.63) is 41.5 Å². The van der Waals surface area contributed by atoms with E-state index in [1.807, 2.05) is 44.2 Å². The van der Waals surface area contributed by atoms with Crippen LogP contribution in [0.5, 0.6) is 5.75 Å². The first-order valence-corrected chi connectivity index (χ1v) is 10.1. The topological polar surface area (TPSA) is 52.6 Å². The zero-order chi connectivity index (χ0) is 18.9. The zero-order valence-electron chi connectivity index (χ0n) is 15.8. The van der Waals surface area contributed by atoms with E-state index in [1.165, 1.54) is 11.8 Å². The van der Waals surface area contributed by atoms with Crippen molar-refractivity contribution in [3.8, 4) is 5.75 Å². The molecule has 2 fully saturated rings. The van der Waals surface area contributed by atoms with Crippen LogP contribution in [0.2, 0.25) is 0 Å². The number of hydrogen-bond donors (Lipinski definition) is 0. The Kier molecular flexibility index (Phi) is 5.47. The van der Waals surface area contributed by atoms with E-state index in [2.05, 4.69) is 13.8 Å². The molecule has 1 heterocycles. The monoisotopic (exact) mass is 374 g/mol. The second-order valence-corrected chi connectivity index (χ2v) is 8.89. The van der Waals surface area contributed by atoms with E-state index in [4.69, 9.17) is 9.47 Å². The highest BCUT2D eigenvalue weighted by Gasteiger charge is 2.61. The summed E-state index contributed by atoms with van der Waals surface area (Å²) in [4.78, 5) is 24.4. The molecule has 3 rings (SSSR count). The third kappa shape index (κ3) is 4.14. The van der Waals surface area contributed by atoms with E-state index in [1.54, 1.807) is 0 Å². The van der Waals surface area contributed by atoms with Crippen molar-refractivity contribution < 1.29 is 19.1 Å². The number of rotatable bonds is 6. The van der Waals surface area contributed by atoms with Crippen molar-refractivity contribution in [1.29, 1.82) is 0 Å². The number of thioether (sulfide) groups is 1. The molecule has 0 N–H and O–H groups in total. The molecule has 5 heteroatoms. The lowest BCUT2D eigenvalue weighted by atomic mass is 10.1. The molecule has 0 bridgehead atoms. The fourth-order valence-electron chi connectivity index (χ4n) is 3.48. The standard InChI is InChI=1S/C21H26O4S/c1-13(2)25-16-7-5-6-14(10-16)12-24-19(22)18-17(21(18,3)4)11-15-8-9-26-20(15)23/h5-7,10-11,13,17-18H,8-9,12H2,1-4H3/b15-11+/t17-,18-/m0/s1. The van der Waals surface area contributed by atoms with Crippen LogP contribution in [0.1, 0.15) is 39.7 Å². The predicted octanol–water partition coefficient (Wildman–Crippen LogP) is 4.38. The number of benzene rings is 1. The molecule has 1 saturated heterocycles. The summed E-state index contributed by atoms with van der Waals surface area (Å²) in [5.41, 5.74) is 1.62. The van der Waals surface area contributed by atoms with Gasteiger partial charge >= 0.3 is 5.97 Å². The predicted molar refractivity (Wildman–Crippen MR) is 103 cm³/mol. The molecule has 0 radical (unpaired) electrons. The Morgan fingerprint density at radius 2 is 2.15 bits per heavy atom. The first kappa shape index (κ1) is 19.0. The van der Waals surface area contributed by atoms with Crippen molar-refractivity contribution >= 4 is 22.8 Å². The van der Waals surface area contributed by atoms with Crippen LogP contribution in [0.25, 0.3) is 0 Å². The first-order valence-electron chi connectivity index (χ1n) is 9.09. The van der Waals surface area contributed by atoms with Crippen LogP contribution in [-0.4, -0.2) is 22.9 Å². The number of hydrogen-bond acceptors (Lipinski definition) is 5. The van der Waals surface area contributed by atoms with E-state index in [0.29, 0.717) is 0 Å². The van der Waals surface area contributed by atoms with Gasteiger partial charge in [-0.25, -0.2) is 0 Å². The van der Waals surface area contributed by atoms with Crippen LogP contribution in [-0.2, 0) is 20.9 Å². The second-order valence-electron chi connectivity index (χ2n) is 7.82. The molecule has 1 saturated carbocycles. The molecule has 1 aromatic carbocycles. The normalized spacial score (nSPS) is 25.6. The SMILES string of the molecule is CC(C)Oc1cccc(COC(=O)[C@@H]2[C@H](/C=C3\CCSC3=O)C2(C)C)c1.